The Hall–Kier alpha value is -2.95. The number of H-pyrrole nitrogens is 1. The number of benzene rings is 1. The number of hydrogen-bond donors (Lipinski definition) is 2. The fourth-order valence-electron chi connectivity index (χ4n) is 3.90. The zero-order valence-electron chi connectivity index (χ0n) is 15.5. The van der Waals surface area contributed by atoms with Gasteiger partial charge in [0, 0.05) is 23.2 Å². The Bertz CT molecular complexity index is 1030. The summed E-state index contributed by atoms with van der Waals surface area (Å²) in [6.45, 7) is 5.11. The topological polar surface area (TPSA) is 70.7 Å². The highest BCUT2D eigenvalue weighted by molar-refractivity contribution is 5.98. The average molecular weight is 358 g/mol. The average Bonchev–Trinajstić information content (AvgIpc) is 3.32. The third kappa shape index (κ3) is 2.65. The van der Waals surface area contributed by atoms with Gasteiger partial charge in [-0.1, -0.05) is 38.1 Å². The standard InChI is InChI=1S/C22H22N4O/c1-13(2)14-3-5-15(6-4-14)17-10-18(25-12-24-17)19-9-16-20(26-19)22(7-8-22)11-23-21(16)27/h3-6,9-10,12-13,26H,7-8,11H2,1-2H3,(H,23,27). The molecule has 2 aromatic heterocycles. The zero-order valence-corrected chi connectivity index (χ0v) is 15.5. The SMILES string of the molecule is CC(C)c1ccc(-c2cc(-c3cc4c([nH]3)C3(CC3)CNC4=O)ncn2)cc1. The van der Waals surface area contributed by atoms with Crippen LogP contribution in [0.4, 0.5) is 0 Å². The summed E-state index contributed by atoms with van der Waals surface area (Å²) >= 11 is 0. The largest absolute Gasteiger partial charge is 0.356 e. The van der Waals surface area contributed by atoms with Crippen molar-refractivity contribution in [1.29, 1.82) is 0 Å². The molecule has 1 saturated carbocycles. The third-order valence-electron chi connectivity index (χ3n) is 5.85. The number of carbonyl (C=O) groups is 1. The van der Waals surface area contributed by atoms with E-state index in [1.165, 1.54) is 5.56 Å². The van der Waals surface area contributed by atoms with Crippen molar-refractivity contribution in [2.24, 2.45) is 0 Å². The molecule has 2 N–H and O–H groups in total. The quantitative estimate of drug-likeness (QED) is 0.742. The van der Waals surface area contributed by atoms with Crippen LogP contribution in [0.25, 0.3) is 22.6 Å². The maximum atomic E-state index is 12.3. The minimum atomic E-state index is 0.00331. The Morgan fingerprint density at radius 3 is 2.48 bits per heavy atom. The third-order valence-corrected chi connectivity index (χ3v) is 5.85. The van der Waals surface area contributed by atoms with Gasteiger partial charge in [0.05, 0.1) is 22.6 Å². The molecular weight excluding hydrogens is 336 g/mol. The van der Waals surface area contributed by atoms with Gasteiger partial charge in [-0.05, 0) is 36.5 Å². The van der Waals surface area contributed by atoms with Gasteiger partial charge in [0.1, 0.15) is 6.33 Å². The molecule has 27 heavy (non-hydrogen) atoms. The molecule has 136 valence electrons. The van der Waals surface area contributed by atoms with E-state index >= 15 is 0 Å². The number of rotatable bonds is 3. The van der Waals surface area contributed by atoms with Crippen molar-refractivity contribution < 1.29 is 4.79 Å². The summed E-state index contributed by atoms with van der Waals surface area (Å²) in [5.74, 6) is 0.509. The Morgan fingerprint density at radius 2 is 1.78 bits per heavy atom. The van der Waals surface area contributed by atoms with Crippen LogP contribution in [0, 0.1) is 0 Å². The van der Waals surface area contributed by atoms with Gasteiger partial charge in [-0.15, -0.1) is 0 Å². The first-order valence-electron chi connectivity index (χ1n) is 9.50. The summed E-state index contributed by atoms with van der Waals surface area (Å²) in [6, 6.07) is 12.4. The van der Waals surface area contributed by atoms with Crippen LogP contribution < -0.4 is 5.32 Å². The molecule has 5 nitrogen and oxygen atoms in total. The molecule has 0 atom stereocenters. The highest BCUT2D eigenvalue weighted by Gasteiger charge is 2.50. The van der Waals surface area contributed by atoms with Crippen LogP contribution in [-0.4, -0.2) is 27.4 Å². The fraction of sp³-hybridized carbons (Fsp3) is 0.318. The molecule has 2 aliphatic rings. The molecule has 0 radical (unpaired) electrons. The van der Waals surface area contributed by atoms with Crippen molar-refractivity contribution in [3.05, 3.63) is 59.5 Å². The molecule has 0 bridgehead atoms. The summed E-state index contributed by atoms with van der Waals surface area (Å²) in [7, 11) is 0. The fourth-order valence-corrected chi connectivity index (χ4v) is 3.90. The summed E-state index contributed by atoms with van der Waals surface area (Å²) in [5.41, 5.74) is 6.90. The number of carbonyl (C=O) groups excluding carboxylic acids is 1. The van der Waals surface area contributed by atoms with Crippen molar-refractivity contribution in [2.45, 2.75) is 38.0 Å². The molecule has 5 heteroatoms. The van der Waals surface area contributed by atoms with Crippen molar-refractivity contribution in [2.75, 3.05) is 6.54 Å². The second-order valence-electron chi connectivity index (χ2n) is 8.00. The van der Waals surface area contributed by atoms with E-state index in [1.807, 2.05) is 12.1 Å². The second-order valence-corrected chi connectivity index (χ2v) is 8.00. The van der Waals surface area contributed by atoms with Crippen LogP contribution in [0.2, 0.25) is 0 Å². The van der Waals surface area contributed by atoms with Crippen molar-refractivity contribution in [1.82, 2.24) is 20.3 Å². The minimum Gasteiger partial charge on any atom is -0.356 e. The molecule has 0 saturated heterocycles. The van der Waals surface area contributed by atoms with Gasteiger partial charge in [0.15, 0.2) is 0 Å². The van der Waals surface area contributed by atoms with Crippen LogP contribution in [0.3, 0.4) is 0 Å². The van der Waals surface area contributed by atoms with Gasteiger partial charge < -0.3 is 10.3 Å². The molecule has 1 aliphatic heterocycles. The van der Waals surface area contributed by atoms with Crippen molar-refractivity contribution in [3.8, 4) is 22.6 Å². The van der Waals surface area contributed by atoms with E-state index in [0.717, 1.165) is 53.3 Å². The van der Waals surface area contributed by atoms with Gasteiger partial charge in [0.2, 0.25) is 0 Å². The minimum absolute atomic E-state index is 0.00331. The first-order valence-corrected chi connectivity index (χ1v) is 9.50. The predicted octanol–water partition coefficient (Wildman–Crippen LogP) is 4.04. The van der Waals surface area contributed by atoms with Crippen LogP contribution in [0.1, 0.15) is 54.2 Å². The van der Waals surface area contributed by atoms with Gasteiger partial charge >= 0.3 is 0 Å². The molecule has 1 fully saturated rings. The van der Waals surface area contributed by atoms with Crippen LogP contribution in [0.15, 0.2) is 42.7 Å². The highest BCUT2D eigenvalue weighted by Crippen LogP contribution is 2.50. The second kappa shape index (κ2) is 5.78. The summed E-state index contributed by atoms with van der Waals surface area (Å²) in [4.78, 5) is 24.6. The van der Waals surface area contributed by atoms with Crippen LogP contribution in [-0.2, 0) is 5.41 Å². The molecular formula is C22H22N4O. The number of hydrogen-bond acceptors (Lipinski definition) is 3. The van der Waals surface area contributed by atoms with Crippen LogP contribution >= 0.6 is 0 Å². The Balaban J connectivity index is 1.52. The predicted molar refractivity (Wildman–Crippen MR) is 105 cm³/mol. The molecule has 3 heterocycles. The Kier molecular flexibility index (Phi) is 3.47. The zero-order chi connectivity index (χ0) is 18.6. The maximum Gasteiger partial charge on any atom is 0.253 e. The number of fused-ring (bicyclic) bond motifs is 2. The number of nitrogens with one attached hydrogen (secondary N) is 2. The number of nitrogens with zero attached hydrogens (tertiary/aromatic N) is 2. The van der Waals surface area contributed by atoms with E-state index in [-0.39, 0.29) is 11.3 Å². The van der Waals surface area contributed by atoms with E-state index in [4.69, 9.17) is 0 Å². The Labute approximate surface area is 158 Å². The summed E-state index contributed by atoms with van der Waals surface area (Å²) in [6.07, 6.45) is 3.84. The van der Waals surface area contributed by atoms with E-state index in [9.17, 15) is 4.79 Å². The van der Waals surface area contributed by atoms with E-state index in [2.05, 4.69) is 58.4 Å². The lowest BCUT2D eigenvalue weighted by Crippen LogP contribution is -2.38. The molecule has 1 aromatic carbocycles. The molecule has 1 aliphatic carbocycles. The first-order chi connectivity index (χ1) is 13.1. The van der Waals surface area contributed by atoms with Gasteiger partial charge in [-0.2, -0.15) is 0 Å². The number of aromatic nitrogens is 3. The number of aromatic amines is 1. The summed E-state index contributed by atoms with van der Waals surface area (Å²) in [5, 5.41) is 3.02. The Morgan fingerprint density at radius 1 is 1.04 bits per heavy atom. The monoisotopic (exact) mass is 358 g/mol. The van der Waals surface area contributed by atoms with Crippen molar-refractivity contribution in [3.63, 3.8) is 0 Å². The van der Waals surface area contributed by atoms with Gasteiger partial charge in [0.25, 0.3) is 5.91 Å². The number of amides is 1. The van der Waals surface area contributed by atoms with Gasteiger partial charge in [-0.3, -0.25) is 4.79 Å². The molecule has 3 aromatic rings. The van der Waals surface area contributed by atoms with Crippen molar-refractivity contribution >= 4 is 5.91 Å². The normalized spacial score (nSPS) is 17.1. The summed E-state index contributed by atoms with van der Waals surface area (Å²) < 4.78 is 0. The van der Waals surface area contributed by atoms with E-state index < -0.39 is 0 Å². The molecule has 1 spiro atoms. The lowest BCUT2D eigenvalue weighted by Gasteiger charge is -2.21. The molecule has 0 unspecified atom stereocenters. The lowest BCUT2D eigenvalue weighted by molar-refractivity contribution is 0.0937. The van der Waals surface area contributed by atoms with Crippen LogP contribution in [0.5, 0.6) is 0 Å². The smallest absolute Gasteiger partial charge is 0.253 e. The highest BCUT2D eigenvalue weighted by atomic mass is 16.1. The van der Waals surface area contributed by atoms with E-state index in [0.29, 0.717) is 5.92 Å². The molecule has 5 rings (SSSR count). The van der Waals surface area contributed by atoms with Gasteiger partial charge in [-0.25, -0.2) is 9.97 Å². The lowest BCUT2D eigenvalue weighted by atomic mass is 9.95. The first kappa shape index (κ1) is 16.2. The maximum absolute atomic E-state index is 12.3. The van der Waals surface area contributed by atoms with E-state index in [1.54, 1.807) is 6.33 Å². The molecule has 1 amide bonds.